The largest absolute Gasteiger partial charge is 0.465 e. The Hall–Kier alpha value is -6.43. The van der Waals surface area contributed by atoms with E-state index in [1.54, 1.807) is 7.11 Å². The van der Waals surface area contributed by atoms with E-state index in [0.717, 1.165) is 38.9 Å². The van der Waals surface area contributed by atoms with Crippen molar-refractivity contribution in [2.45, 2.75) is 107 Å². The van der Waals surface area contributed by atoms with E-state index in [-0.39, 0.29) is 59.5 Å². The zero-order chi connectivity index (χ0) is 52.9. The average molecular weight is 1050 g/mol. The van der Waals surface area contributed by atoms with E-state index in [1.807, 2.05) is 212 Å². The third-order valence-corrected chi connectivity index (χ3v) is 13.5. The minimum Gasteiger partial charge on any atom is -0.465 e. The molecule has 2 saturated heterocycles. The third kappa shape index (κ3) is 15.2. The average Bonchev–Trinajstić information content (AvgIpc) is 3.55. The molecule has 0 amide bonds. The second-order valence-corrected chi connectivity index (χ2v) is 18.9. The quantitative estimate of drug-likeness (QED) is 0.0454. The first-order valence-corrected chi connectivity index (χ1v) is 26.1. The van der Waals surface area contributed by atoms with Crippen molar-refractivity contribution >= 4 is 5.97 Å². The van der Waals surface area contributed by atoms with Gasteiger partial charge >= 0.3 is 5.97 Å². The highest BCUT2D eigenvalue weighted by molar-refractivity contribution is 5.79. The molecule has 0 radical (unpaired) electrons. The smallest absolute Gasteiger partial charge is 0.369 e. The van der Waals surface area contributed by atoms with Crippen molar-refractivity contribution in [3.63, 3.8) is 0 Å². The molecule has 13 nitrogen and oxygen atoms in total. The highest BCUT2D eigenvalue weighted by Crippen LogP contribution is 2.41. The molecule has 7 aromatic carbocycles. The summed E-state index contributed by atoms with van der Waals surface area (Å²) in [5, 5.41) is 0. The van der Waals surface area contributed by atoms with E-state index in [1.165, 1.54) is 7.11 Å². The maximum absolute atomic E-state index is 15.2. The monoisotopic (exact) mass is 1040 g/mol. The number of hydrogen-bond donors (Lipinski definition) is 0. The summed E-state index contributed by atoms with van der Waals surface area (Å²) in [6, 6.07) is 68.6. The Morgan fingerprint density at radius 2 is 0.727 bits per heavy atom. The highest BCUT2D eigenvalue weighted by Gasteiger charge is 2.64. The van der Waals surface area contributed by atoms with Crippen molar-refractivity contribution in [2.75, 3.05) is 27.4 Å². The van der Waals surface area contributed by atoms with Crippen molar-refractivity contribution in [2.24, 2.45) is 0 Å². The molecule has 0 saturated carbocycles. The van der Waals surface area contributed by atoms with Gasteiger partial charge in [-0.3, -0.25) is 0 Å². The van der Waals surface area contributed by atoms with Crippen LogP contribution in [0.15, 0.2) is 212 Å². The Balaban J connectivity index is 1.12. The van der Waals surface area contributed by atoms with Crippen LogP contribution in [0.2, 0.25) is 0 Å². The molecule has 0 N–H and O–H groups in total. The standard InChI is InChI=1S/C64H68O13/c1-66-62-60(73-43-52-34-20-8-21-35-52)58(71-41-50-30-16-6-17-31-50)56(69-39-48-26-12-4-13-27-48)54(76-62)46-75-64(63(65)67-2)61(74-44-53-36-22-9-23-37-53)59(72-42-51-32-18-7-19-33-51)57(70-40-49-28-14-5-15-29-49)55(77-64)45-68-38-47-24-10-3-11-25-47/h3-37,54-62H,38-46H2,1-2H3/t54-,55-,56-,57+,58+,59+,60-,61-,62+,64-/m1/s1. The number of ether oxygens (including phenoxy) is 12. The summed E-state index contributed by atoms with van der Waals surface area (Å²) in [5.41, 5.74) is 6.38. The Morgan fingerprint density at radius 1 is 0.390 bits per heavy atom. The van der Waals surface area contributed by atoms with Gasteiger partial charge in [0.05, 0.1) is 66.6 Å². The molecule has 9 rings (SSSR count). The first-order chi connectivity index (χ1) is 38.0. The number of carbonyl (C=O) groups excluding carboxylic acids is 1. The van der Waals surface area contributed by atoms with E-state index in [4.69, 9.17) is 56.8 Å². The molecular weight excluding hydrogens is 977 g/mol. The van der Waals surface area contributed by atoms with Gasteiger partial charge in [-0.2, -0.15) is 0 Å². The Kier molecular flexibility index (Phi) is 20.7. The third-order valence-electron chi connectivity index (χ3n) is 13.5. The van der Waals surface area contributed by atoms with E-state index < -0.39 is 66.9 Å². The lowest BCUT2D eigenvalue weighted by Crippen LogP contribution is -2.71. The highest BCUT2D eigenvalue weighted by atomic mass is 16.8. The molecule has 0 spiro atoms. The lowest BCUT2D eigenvalue weighted by molar-refractivity contribution is -0.383. The molecule has 2 aliphatic rings. The van der Waals surface area contributed by atoms with Crippen molar-refractivity contribution in [1.82, 2.24) is 0 Å². The predicted octanol–water partition coefficient (Wildman–Crippen LogP) is 10.4. The van der Waals surface area contributed by atoms with E-state index >= 15 is 4.79 Å². The molecular formula is C64H68O13. The van der Waals surface area contributed by atoms with Crippen molar-refractivity contribution < 1.29 is 61.6 Å². The molecule has 2 heterocycles. The first kappa shape index (κ1) is 55.3. The number of benzene rings is 7. The van der Waals surface area contributed by atoms with Crippen LogP contribution in [0.5, 0.6) is 0 Å². The van der Waals surface area contributed by atoms with Gasteiger partial charge in [0.1, 0.15) is 42.7 Å². The van der Waals surface area contributed by atoms with Gasteiger partial charge in [0.2, 0.25) is 0 Å². The van der Waals surface area contributed by atoms with Gasteiger partial charge in [0, 0.05) is 7.11 Å². The molecule has 7 aromatic rings. The number of esters is 1. The lowest BCUT2D eigenvalue weighted by Gasteiger charge is -2.51. The Bertz CT molecular complexity index is 2750. The van der Waals surface area contributed by atoms with Crippen LogP contribution in [0.4, 0.5) is 0 Å². The number of carbonyl (C=O) groups is 1. The van der Waals surface area contributed by atoms with Gasteiger partial charge in [-0.25, -0.2) is 4.79 Å². The summed E-state index contributed by atoms with van der Waals surface area (Å²) in [6.07, 6.45) is -8.72. The maximum atomic E-state index is 15.2. The van der Waals surface area contributed by atoms with E-state index in [9.17, 15) is 0 Å². The molecule has 2 aliphatic heterocycles. The van der Waals surface area contributed by atoms with Gasteiger partial charge < -0.3 is 56.8 Å². The first-order valence-electron chi connectivity index (χ1n) is 26.1. The zero-order valence-corrected chi connectivity index (χ0v) is 43.6. The van der Waals surface area contributed by atoms with E-state index in [0.29, 0.717) is 0 Å². The van der Waals surface area contributed by atoms with Crippen molar-refractivity contribution in [3.05, 3.63) is 251 Å². The molecule has 10 atom stereocenters. The molecule has 13 heteroatoms. The molecule has 2 fully saturated rings. The Labute approximate surface area is 451 Å². The van der Waals surface area contributed by atoms with Crippen LogP contribution in [0, 0.1) is 0 Å². The van der Waals surface area contributed by atoms with Gasteiger partial charge in [0.15, 0.2) is 12.4 Å². The predicted molar refractivity (Wildman–Crippen MR) is 287 cm³/mol. The topological polar surface area (TPSA) is 128 Å². The summed E-state index contributed by atoms with van der Waals surface area (Å²) < 4.78 is 81.1. The molecule has 0 bridgehead atoms. The fourth-order valence-electron chi connectivity index (χ4n) is 9.59. The van der Waals surface area contributed by atoms with Gasteiger partial charge in [-0.15, -0.1) is 0 Å². The maximum Gasteiger partial charge on any atom is 0.369 e. The second kappa shape index (κ2) is 28.8. The van der Waals surface area contributed by atoms with Crippen LogP contribution in [-0.2, 0) is 108 Å². The summed E-state index contributed by atoms with van der Waals surface area (Å²) in [6.45, 7) is 0.840. The van der Waals surface area contributed by atoms with Gasteiger partial charge in [0.25, 0.3) is 5.79 Å². The fourth-order valence-corrected chi connectivity index (χ4v) is 9.59. The van der Waals surface area contributed by atoms with Gasteiger partial charge in [-0.1, -0.05) is 212 Å². The number of methoxy groups -OCH3 is 2. The minimum atomic E-state index is -2.34. The summed E-state index contributed by atoms with van der Waals surface area (Å²) >= 11 is 0. The van der Waals surface area contributed by atoms with Crippen LogP contribution in [0.25, 0.3) is 0 Å². The molecule has 0 aromatic heterocycles. The van der Waals surface area contributed by atoms with Crippen molar-refractivity contribution in [3.8, 4) is 0 Å². The molecule has 0 unspecified atom stereocenters. The minimum absolute atomic E-state index is 0.0348. The van der Waals surface area contributed by atoms with Crippen molar-refractivity contribution in [1.29, 1.82) is 0 Å². The molecule has 77 heavy (non-hydrogen) atoms. The van der Waals surface area contributed by atoms with E-state index in [2.05, 4.69) is 0 Å². The van der Waals surface area contributed by atoms with Gasteiger partial charge in [-0.05, 0) is 38.9 Å². The van der Waals surface area contributed by atoms with Crippen LogP contribution in [0.1, 0.15) is 38.9 Å². The summed E-state index contributed by atoms with van der Waals surface area (Å²) in [7, 11) is 2.84. The zero-order valence-electron chi connectivity index (χ0n) is 43.6. The molecule has 402 valence electrons. The summed E-state index contributed by atoms with van der Waals surface area (Å²) in [4.78, 5) is 15.2. The number of rotatable bonds is 27. The van der Waals surface area contributed by atoms with Crippen LogP contribution in [0.3, 0.4) is 0 Å². The van der Waals surface area contributed by atoms with Crippen LogP contribution < -0.4 is 0 Å². The SMILES string of the molecule is COC(=O)[C@]1(OC[C@H]2O[C@H](OC)[C@H](OCc3ccccc3)[C@@H](OCc3ccccc3)[C@@H]2OCc2ccccc2)O[C@H](COCc2ccccc2)[C@H](OCc2ccccc2)[C@H](OCc2ccccc2)[C@H]1OCc1ccccc1. The van der Waals surface area contributed by atoms with Crippen LogP contribution >= 0.6 is 0 Å². The van der Waals surface area contributed by atoms with Crippen LogP contribution in [-0.4, -0.2) is 94.3 Å². The lowest BCUT2D eigenvalue weighted by atomic mass is 9.90. The Morgan fingerprint density at radius 3 is 1.12 bits per heavy atom. The number of hydrogen-bond acceptors (Lipinski definition) is 13. The second-order valence-electron chi connectivity index (χ2n) is 18.9. The molecule has 0 aliphatic carbocycles. The normalized spacial score (nSPS) is 24.3. The fraction of sp³-hybridized carbons (Fsp3) is 0.328. The summed E-state index contributed by atoms with van der Waals surface area (Å²) in [5.74, 6) is -3.21.